The number of morpholine rings is 1. The summed E-state index contributed by atoms with van der Waals surface area (Å²) in [6, 6.07) is 15.6. The van der Waals surface area contributed by atoms with Gasteiger partial charge in [-0.15, -0.1) is 0 Å². The number of hydrogen-bond acceptors (Lipinski definition) is 7. The van der Waals surface area contributed by atoms with Crippen LogP contribution < -0.4 is 4.90 Å². The molecule has 0 radical (unpaired) electrons. The first-order valence-electron chi connectivity index (χ1n) is 11.6. The number of hydrogen-bond donors (Lipinski definition) is 0. The Morgan fingerprint density at radius 2 is 1.85 bits per heavy atom. The van der Waals surface area contributed by atoms with Crippen LogP contribution in [-0.2, 0) is 4.74 Å². The molecule has 1 aliphatic rings. The maximum Gasteiger partial charge on any atom is 0.282 e. The van der Waals surface area contributed by atoms with Crippen LogP contribution in [0.5, 0.6) is 0 Å². The SMILES string of the molecule is Cc1cc2nc(N(CCCN3CCOCC3)C(=O)c3cc(-c4ccccc4)on3)sc2cc1C. The highest BCUT2D eigenvalue weighted by molar-refractivity contribution is 7.22. The summed E-state index contributed by atoms with van der Waals surface area (Å²) >= 11 is 1.54. The molecular weight excluding hydrogens is 448 g/mol. The standard InChI is InChI=1S/C26H28N4O3S/c1-18-15-21-24(16-19(18)2)34-26(27-21)30(10-6-9-29-11-13-32-14-12-29)25(31)22-17-23(33-28-22)20-7-4-3-5-8-20/h3-5,7-8,15-17H,6,9-14H2,1-2H3. The Morgan fingerprint density at radius 3 is 2.65 bits per heavy atom. The van der Waals surface area contributed by atoms with Crippen molar-refractivity contribution >= 4 is 32.6 Å². The number of carbonyl (C=O) groups is 1. The molecule has 2 aromatic heterocycles. The third-order valence-electron chi connectivity index (χ3n) is 6.22. The molecule has 0 spiro atoms. The number of thiazole rings is 1. The van der Waals surface area contributed by atoms with Crippen molar-refractivity contribution in [2.45, 2.75) is 20.3 Å². The van der Waals surface area contributed by atoms with E-state index in [4.69, 9.17) is 14.2 Å². The van der Waals surface area contributed by atoms with E-state index in [1.54, 1.807) is 22.3 Å². The van der Waals surface area contributed by atoms with E-state index in [1.165, 1.54) is 11.1 Å². The molecule has 4 aromatic rings. The number of fused-ring (bicyclic) bond motifs is 1. The lowest BCUT2D eigenvalue weighted by Gasteiger charge is -2.27. The molecule has 34 heavy (non-hydrogen) atoms. The van der Waals surface area contributed by atoms with E-state index in [1.807, 2.05) is 30.3 Å². The lowest BCUT2D eigenvalue weighted by atomic mass is 10.1. The fraction of sp³-hybridized carbons (Fsp3) is 0.346. The summed E-state index contributed by atoms with van der Waals surface area (Å²) in [5, 5.41) is 4.79. The van der Waals surface area contributed by atoms with Crippen LogP contribution in [0.2, 0.25) is 0 Å². The van der Waals surface area contributed by atoms with Gasteiger partial charge >= 0.3 is 0 Å². The second kappa shape index (κ2) is 10.0. The lowest BCUT2D eigenvalue weighted by Crippen LogP contribution is -2.39. The highest BCUT2D eigenvalue weighted by Crippen LogP contribution is 2.32. The Hall–Kier alpha value is -3.07. The van der Waals surface area contributed by atoms with Crippen molar-refractivity contribution in [3.8, 4) is 11.3 Å². The summed E-state index contributed by atoms with van der Waals surface area (Å²) in [6.45, 7) is 9.03. The summed E-state index contributed by atoms with van der Waals surface area (Å²) in [5.41, 5.74) is 4.50. The number of aromatic nitrogens is 2. The maximum absolute atomic E-state index is 13.6. The summed E-state index contributed by atoms with van der Waals surface area (Å²) in [4.78, 5) is 22.6. The molecule has 8 heteroatoms. The largest absolute Gasteiger partial charge is 0.379 e. The monoisotopic (exact) mass is 476 g/mol. The van der Waals surface area contributed by atoms with Gasteiger partial charge in [0.05, 0.1) is 23.4 Å². The predicted octanol–water partition coefficient (Wildman–Crippen LogP) is 4.94. The van der Waals surface area contributed by atoms with E-state index < -0.39 is 0 Å². The number of nitrogens with zero attached hydrogens (tertiary/aromatic N) is 4. The van der Waals surface area contributed by atoms with E-state index in [0.717, 1.165) is 55.0 Å². The first-order valence-corrected chi connectivity index (χ1v) is 12.4. The van der Waals surface area contributed by atoms with Crippen LogP contribution >= 0.6 is 11.3 Å². The van der Waals surface area contributed by atoms with Gasteiger partial charge < -0.3 is 9.26 Å². The van der Waals surface area contributed by atoms with Crippen molar-refractivity contribution in [3.05, 3.63) is 65.4 Å². The molecule has 0 N–H and O–H groups in total. The van der Waals surface area contributed by atoms with Crippen LogP contribution in [0.4, 0.5) is 5.13 Å². The summed E-state index contributed by atoms with van der Waals surface area (Å²) in [7, 11) is 0. The van der Waals surface area contributed by atoms with Crippen molar-refractivity contribution in [1.82, 2.24) is 15.0 Å². The molecule has 2 aromatic carbocycles. The van der Waals surface area contributed by atoms with Crippen molar-refractivity contribution in [3.63, 3.8) is 0 Å². The van der Waals surface area contributed by atoms with Gasteiger partial charge in [0.1, 0.15) is 0 Å². The third-order valence-corrected chi connectivity index (χ3v) is 7.26. The second-order valence-electron chi connectivity index (χ2n) is 8.61. The number of aryl methyl sites for hydroxylation is 2. The molecule has 3 heterocycles. The molecule has 0 unspecified atom stereocenters. The third kappa shape index (κ3) is 4.89. The topological polar surface area (TPSA) is 71.7 Å². The zero-order valence-electron chi connectivity index (χ0n) is 19.5. The van der Waals surface area contributed by atoms with Crippen LogP contribution in [0, 0.1) is 13.8 Å². The lowest BCUT2D eigenvalue weighted by molar-refractivity contribution is 0.0376. The number of carbonyl (C=O) groups excluding carboxylic acids is 1. The van der Waals surface area contributed by atoms with E-state index in [0.29, 0.717) is 17.4 Å². The van der Waals surface area contributed by atoms with Crippen molar-refractivity contribution < 1.29 is 14.1 Å². The van der Waals surface area contributed by atoms with Gasteiger partial charge in [-0.05, 0) is 43.5 Å². The quantitative estimate of drug-likeness (QED) is 0.376. The minimum atomic E-state index is -0.194. The van der Waals surface area contributed by atoms with Crippen LogP contribution in [0.15, 0.2) is 53.1 Å². The fourth-order valence-electron chi connectivity index (χ4n) is 4.10. The fourth-order valence-corrected chi connectivity index (χ4v) is 5.17. The van der Waals surface area contributed by atoms with Crippen molar-refractivity contribution in [2.24, 2.45) is 0 Å². The number of benzene rings is 2. The molecule has 1 fully saturated rings. The molecule has 1 aliphatic heterocycles. The molecule has 1 amide bonds. The summed E-state index contributed by atoms with van der Waals surface area (Å²) in [5.74, 6) is 0.383. The minimum absolute atomic E-state index is 0.194. The van der Waals surface area contributed by atoms with Gasteiger partial charge in [-0.3, -0.25) is 14.6 Å². The molecular formula is C26H28N4O3S. The average Bonchev–Trinajstić information content (AvgIpc) is 3.51. The highest BCUT2D eigenvalue weighted by Gasteiger charge is 2.25. The number of rotatable bonds is 7. The van der Waals surface area contributed by atoms with Crippen LogP contribution in [0.3, 0.4) is 0 Å². The predicted molar refractivity (Wildman–Crippen MR) is 135 cm³/mol. The van der Waals surface area contributed by atoms with E-state index in [2.05, 4.69) is 36.0 Å². The number of anilines is 1. The smallest absolute Gasteiger partial charge is 0.282 e. The Balaban J connectivity index is 1.41. The molecule has 0 aliphatic carbocycles. The molecule has 0 atom stereocenters. The molecule has 176 valence electrons. The Morgan fingerprint density at radius 1 is 1.09 bits per heavy atom. The zero-order chi connectivity index (χ0) is 23.5. The summed E-state index contributed by atoms with van der Waals surface area (Å²) < 4.78 is 12.0. The van der Waals surface area contributed by atoms with E-state index in [9.17, 15) is 4.79 Å². The Kier molecular flexibility index (Phi) is 6.71. The average molecular weight is 477 g/mol. The van der Waals surface area contributed by atoms with Crippen LogP contribution in [-0.4, -0.2) is 60.3 Å². The molecule has 0 bridgehead atoms. The second-order valence-corrected chi connectivity index (χ2v) is 9.62. The zero-order valence-corrected chi connectivity index (χ0v) is 20.3. The first-order chi connectivity index (χ1) is 16.6. The highest BCUT2D eigenvalue weighted by atomic mass is 32.1. The van der Waals surface area contributed by atoms with Gasteiger partial charge in [0.15, 0.2) is 16.6 Å². The molecule has 5 rings (SSSR count). The maximum atomic E-state index is 13.6. The summed E-state index contributed by atoms with van der Waals surface area (Å²) in [6.07, 6.45) is 0.836. The molecule has 7 nitrogen and oxygen atoms in total. The normalized spacial score (nSPS) is 14.5. The van der Waals surface area contributed by atoms with Gasteiger partial charge in [-0.25, -0.2) is 4.98 Å². The minimum Gasteiger partial charge on any atom is -0.379 e. The Bertz CT molecular complexity index is 1240. The van der Waals surface area contributed by atoms with Gasteiger partial charge in [0.25, 0.3) is 5.91 Å². The number of ether oxygens (including phenoxy) is 1. The van der Waals surface area contributed by atoms with Crippen LogP contribution in [0.25, 0.3) is 21.5 Å². The van der Waals surface area contributed by atoms with E-state index in [-0.39, 0.29) is 11.6 Å². The van der Waals surface area contributed by atoms with Crippen LogP contribution in [0.1, 0.15) is 28.0 Å². The van der Waals surface area contributed by atoms with Gasteiger partial charge in [-0.1, -0.05) is 46.8 Å². The molecule has 1 saturated heterocycles. The molecule has 0 saturated carbocycles. The van der Waals surface area contributed by atoms with Crippen molar-refractivity contribution in [2.75, 3.05) is 44.3 Å². The van der Waals surface area contributed by atoms with Gasteiger partial charge in [-0.2, -0.15) is 0 Å². The first kappa shape index (κ1) is 22.7. The number of amides is 1. The van der Waals surface area contributed by atoms with Gasteiger partial charge in [0, 0.05) is 37.8 Å². The van der Waals surface area contributed by atoms with Crippen molar-refractivity contribution in [1.29, 1.82) is 0 Å². The Labute approximate surface area is 202 Å². The van der Waals surface area contributed by atoms with E-state index >= 15 is 0 Å². The van der Waals surface area contributed by atoms with Gasteiger partial charge in [0.2, 0.25) is 0 Å².